The van der Waals surface area contributed by atoms with E-state index in [1.54, 1.807) is 0 Å². The summed E-state index contributed by atoms with van der Waals surface area (Å²) in [6, 6.07) is 10.5. The zero-order valence-electron chi connectivity index (χ0n) is 13.1. The summed E-state index contributed by atoms with van der Waals surface area (Å²) in [7, 11) is 0. The van der Waals surface area contributed by atoms with Gasteiger partial charge in [0.15, 0.2) is 5.96 Å². The van der Waals surface area contributed by atoms with Gasteiger partial charge in [-0.1, -0.05) is 43.2 Å². The van der Waals surface area contributed by atoms with Gasteiger partial charge in [0.05, 0.1) is 18.2 Å². The van der Waals surface area contributed by atoms with Crippen molar-refractivity contribution in [2.75, 3.05) is 13.1 Å². The van der Waals surface area contributed by atoms with Crippen molar-refractivity contribution >= 4 is 5.96 Å². The number of guanidine groups is 1. The van der Waals surface area contributed by atoms with E-state index in [-0.39, 0.29) is 6.04 Å². The average Bonchev–Trinajstić information content (AvgIpc) is 2.93. The molecule has 1 unspecified atom stereocenters. The van der Waals surface area contributed by atoms with Crippen LogP contribution in [0.15, 0.2) is 35.3 Å². The molecule has 1 fully saturated rings. The lowest BCUT2D eigenvalue weighted by molar-refractivity contribution is 0.0574. The van der Waals surface area contributed by atoms with Crippen LogP contribution in [0.4, 0.5) is 0 Å². The zero-order valence-corrected chi connectivity index (χ0v) is 13.1. The van der Waals surface area contributed by atoms with E-state index in [0.29, 0.717) is 6.54 Å². The van der Waals surface area contributed by atoms with Crippen molar-refractivity contribution < 1.29 is 5.11 Å². The maximum Gasteiger partial charge on any atom is 0.191 e. The number of nitrogens with one attached hydrogen (secondary N) is 2. The fourth-order valence-corrected chi connectivity index (χ4v) is 2.77. The van der Waals surface area contributed by atoms with Crippen molar-refractivity contribution in [3.8, 4) is 0 Å². The molecule has 4 nitrogen and oxygen atoms in total. The number of benzene rings is 1. The smallest absolute Gasteiger partial charge is 0.191 e. The first kappa shape index (κ1) is 15.8. The first-order chi connectivity index (χ1) is 10.1. The van der Waals surface area contributed by atoms with Crippen molar-refractivity contribution in [3.63, 3.8) is 0 Å². The van der Waals surface area contributed by atoms with Gasteiger partial charge < -0.3 is 15.7 Å². The molecule has 21 heavy (non-hydrogen) atoms. The van der Waals surface area contributed by atoms with Gasteiger partial charge >= 0.3 is 0 Å². The van der Waals surface area contributed by atoms with Crippen LogP contribution < -0.4 is 10.6 Å². The molecule has 2 rings (SSSR count). The van der Waals surface area contributed by atoms with Crippen LogP contribution in [0.1, 0.15) is 51.1 Å². The number of rotatable bonds is 5. The number of nitrogens with zero attached hydrogens (tertiary/aromatic N) is 1. The number of hydrogen-bond donors (Lipinski definition) is 3. The quantitative estimate of drug-likeness (QED) is 0.577. The van der Waals surface area contributed by atoms with E-state index in [9.17, 15) is 5.11 Å². The predicted molar refractivity (Wildman–Crippen MR) is 87.4 cm³/mol. The monoisotopic (exact) mass is 289 g/mol. The molecular formula is C17H27N3O. The van der Waals surface area contributed by atoms with Crippen LogP contribution in [-0.4, -0.2) is 29.8 Å². The largest absolute Gasteiger partial charge is 0.388 e. The fourth-order valence-electron chi connectivity index (χ4n) is 2.77. The second kappa shape index (κ2) is 7.46. The molecule has 0 heterocycles. The van der Waals surface area contributed by atoms with Crippen LogP contribution in [0.3, 0.4) is 0 Å². The highest BCUT2D eigenvalue weighted by Gasteiger charge is 2.30. The standard InChI is InChI=1S/C17H27N3O/c1-3-18-16(19-13-17(21)11-7-8-12-17)20-14(2)15-9-5-4-6-10-15/h4-6,9-10,14,21H,3,7-8,11-13H2,1-2H3,(H2,18,19,20). The summed E-state index contributed by atoms with van der Waals surface area (Å²) in [5, 5.41) is 17.1. The van der Waals surface area contributed by atoms with Gasteiger partial charge in [0.25, 0.3) is 0 Å². The molecule has 1 aliphatic rings. The highest BCUT2D eigenvalue weighted by atomic mass is 16.3. The predicted octanol–water partition coefficient (Wildman–Crippen LogP) is 2.61. The summed E-state index contributed by atoms with van der Waals surface area (Å²) in [6.45, 7) is 5.46. The van der Waals surface area contributed by atoms with E-state index in [2.05, 4.69) is 41.6 Å². The Morgan fingerprint density at radius 3 is 2.57 bits per heavy atom. The Bertz CT molecular complexity index is 452. The molecule has 0 bridgehead atoms. The Labute approximate surface area is 127 Å². The van der Waals surface area contributed by atoms with Crippen LogP contribution >= 0.6 is 0 Å². The first-order valence-corrected chi connectivity index (χ1v) is 7.95. The molecule has 4 heteroatoms. The van der Waals surface area contributed by atoms with Gasteiger partial charge in [-0.15, -0.1) is 0 Å². The van der Waals surface area contributed by atoms with Crippen LogP contribution in [-0.2, 0) is 0 Å². The molecule has 116 valence electrons. The van der Waals surface area contributed by atoms with E-state index in [4.69, 9.17) is 0 Å². The molecule has 0 aromatic heterocycles. The summed E-state index contributed by atoms with van der Waals surface area (Å²) in [6.07, 6.45) is 3.95. The fraction of sp³-hybridized carbons (Fsp3) is 0.588. The van der Waals surface area contributed by atoms with Gasteiger partial charge in [-0.3, -0.25) is 4.99 Å². The van der Waals surface area contributed by atoms with Crippen LogP contribution in [0, 0.1) is 0 Å². The van der Waals surface area contributed by atoms with Gasteiger partial charge in [0.1, 0.15) is 0 Å². The van der Waals surface area contributed by atoms with E-state index < -0.39 is 5.60 Å². The van der Waals surface area contributed by atoms with Crippen molar-refractivity contribution in [3.05, 3.63) is 35.9 Å². The van der Waals surface area contributed by atoms with Gasteiger partial charge in [-0.05, 0) is 32.3 Å². The van der Waals surface area contributed by atoms with Crippen molar-refractivity contribution in [2.24, 2.45) is 4.99 Å². The summed E-state index contributed by atoms with van der Waals surface area (Å²) >= 11 is 0. The Morgan fingerprint density at radius 1 is 1.29 bits per heavy atom. The normalized spacial score (nSPS) is 19.3. The summed E-state index contributed by atoms with van der Waals surface area (Å²) in [4.78, 5) is 4.58. The molecule has 0 spiro atoms. The second-order valence-corrected chi connectivity index (χ2v) is 5.90. The Kier molecular flexibility index (Phi) is 5.62. The zero-order chi connectivity index (χ0) is 15.1. The van der Waals surface area contributed by atoms with Gasteiger partial charge in [0.2, 0.25) is 0 Å². The van der Waals surface area contributed by atoms with Gasteiger partial charge in [-0.25, -0.2) is 0 Å². The summed E-state index contributed by atoms with van der Waals surface area (Å²) in [5.74, 6) is 0.772. The Balaban J connectivity index is 1.98. The van der Waals surface area contributed by atoms with Crippen LogP contribution in [0.25, 0.3) is 0 Å². The van der Waals surface area contributed by atoms with Gasteiger partial charge in [0, 0.05) is 6.54 Å². The molecular weight excluding hydrogens is 262 g/mol. The average molecular weight is 289 g/mol. The number of aliphatic hydroxyl groups is 1. The van der Waals surface area contributed by atoms with Crippen molar-refractivity contribution in [2.45, 2.75) is 51.2 Å². The number of hydrogen-bond acceptors (Lipinski definition) is 2. The Hall–Kier alpha value is -1.55. The first-order valence-electron chi connectivity index (χ1n) is 7.95. The molecule has 1 atom stereocenters. The third-order valence-corrected chi connectivity index (χ3v) is 4.06. The van der Waals surface area contributed by atoms with Crippen molar-refractivity contribution in [1.82, 2.24) is 10.6 Å². The molecule has 1 aromatic rings. The Morgan fingerprint density at radius 2 is 1.95 bits per heavy atom. The van der Waals surface area contributed by atoms with Gasteiger partial charge in [-0.2, -0.15) is 0 Å². The third kappa shape index (κ3) is 4.74. The van der Waals surface area contributed by atoms with Crippen LogP contribution in [0.2, 0.25) is 0 Å². The van der Waals surface area contributed by atoms with E-state index in [0.717, 1.165) is 38.2 Å². The third-order valence-electron chi connectivity index (χ3n) is 4.06. The van der Waals surface area contributed by atoms with Crippen LogP contribution in [0.5, 0.6) is 0 Å². The highest BCUT2D eigenvalue weighted by Crippen LogP contribution is 2.29. The second-order valence-electron chi connectivity index (χ2n) is 5.90. The van der Waals surface area contributed by atoms with E-state index in [1.165, 1.54) is 5.56 Å². The lowest BCUT2D eigenvalue weighted by atomic mass is 10.0. The maximum atomic E-state index is 10.4. The molecule has 3 N–H and O–H groups in total. The topological polar surface area (TPSA) is 56.7 Å². The molecule has 1 aliphatic carbocycles. The molecule has 0 radical (unpaired) electrons. The summed E-state index contributed by atoms with van der Waals surface area (Å²) < 4.78 is 0. The molecule has 0 saturated heterocycles. The minimum absolute atomic E-state index is 0.183. The molecule has 0 amide bonds. The molecule has 1 aromatic carbocycles. The SMILES string of the molecule is CCNC(=NCC1(O)CCCC1)NC(C)c1ccccc1. The highest BCUT2D eigenvalue weighted by molar-refractivity contribution is 5.80. The minimum Gasteiger partial charge on any atom is -0.388 e. The number of aliphatic imine (C=N–C) groups is 1. The van der Waals surface area contributed by atoms with E-state index in [1.807, 2.05) is 18.2 Å². The maximum absolute atomic E-state index is 10.4. The minimum atomic E-state index is -0.599. The lowest BCUT2D eigenvalue weighted by Crippen LogP contribution is -2.40. The molecule has 1 saturated carbocycles. The molecule has 0 aliphatic heterocycles. The van der Waals surface area contributed by atoms with E-state index >= 15 is 0 Å². The lowest BCUT2D eigenvalue weighted by Gasteiger charge is -2.22. The summed E-state index contributed by atoms with van der Waals surface area (Å²) in [5.41, 5.74) is 0.626. The van der Waals surface area contributed by atoms with Crippen molar-refractivity contribution in [1.29, 1.82) is 0 Å².